The highest BCUT2D eigenvalue weighted by Gasteiger charge is 2.33. The largest absolute Gasteiger partial charge is 0.469 e. The molecule has 1 rings (SSSR count). The molecular formula is C9H7F3INO2. The van der Waals surface area contributed by atoms with Crippen molar-refractivity contribution < 1.29 is 22.7 Å². The van der Waals surface area contributed by atoms with Gasteiger partial charge in [-0.3, -0.25) is 9.78 Å². The van der Waals surface area contributed by atoms with Crippen LogP contribution in [0.4, 0.5) is 13.2 Å². The van der Waals surface area contributed by atoms with Crippen LogP contribution < -0.4 is 0 Å². The van der Waals surface area contributed by atoms with Gasteiger partial charge in [-0.2, -0.15) is 13.2 Å². The molecule has 1 aromatic heterocycles. The molecule has 0 saturated carbocycles. The number of carbonyl (C=O) groups is 1. The summed E-state index contributed by atoms with van der Waals surface area (Å²) >= 11 is 1.55. The molecule has 0 radical (unpaired) electrons. The highest BCUT2D eigenvalue weighted by atomic mass is 127. The summed E-state index contributed by atoms with van der Waals surface area (Å²) in [6.07, 6.45) is -3.62. The van der Waals surface area contributed by atoms with E-state index in [-0.39, 0.29) is 15.7 Å². The second-order valence-corrected chi connectivity index (χ2v) is 4.07. The molecule has 0 aliphatic carbocycles. The van der Waals surface area contributed by atoms with E-state index in [9.17, 15) is 18.0 Å². The first-order chi connectivity index (χ1) is 7.34. The number of halogens is 4. The number of hydrogen-bond acceptors (Lipinski definition) is 3. The second-order valence-electron chi connectivity index (χ2n) is 2.91. The van der Waals surface area contributed by atoms with Crippen LogP contribution in [0.5, 0.6) is 0 Å². The zero-order valence-electron chi connectivity index (χ0n) is 8.14. The van der Waals surface area contributed by atoms with Crippen LogP contribution in [0.15, 0.2) is 12.3 Å². The smallest absolute Gasteiger partial charge is 0.417 e. The summed E-state index contributed by atoms with van der Waals surface area (Å²) in [6.45, 7) is 0. The minimum atomic E-state index is -4.44. The number of esters is 1. The SMILES string of the molecule is COC(=O)Cc1cc(C(F)(F)F)c(I)cn1. The fourth-order valence-corrected chi connectivity index (χ4v) is 1.62. The van der Waals surface area contributed by atoms with Crippen LogP contribution in [-0.2, 0) is 22.1 Å². The third-order valence-electron chi connectivity index (χ3n) is 1.77. The van der Waals surface area contributed by atoms with Crippen LogP contribution in [-0.4, -0.2) is 18.1 Å². The molecule has 0 amide bonds. The van der Waals surface area contributed by atoms with Gasteiger partial charge in [-0.15, -0.1) is 0 Å². The van der Waals surface area contributed by atoms with Crippen molar-refractivity contribution in [1.29, 1.82) is 0 Å². The molecule has 0 fully saturated rings. The maximum atomic E-state index is 12.5. The molecule has 0 aromatic carbocycles. The number of hydrogen-bond donors (Lipinski definition) is 0. The van der Waals surface area contributed by atoms with Gasteiger partial charge in [0.1, 0.15) is 0 Å². The van der Waals surface area contributed by atoms with Gasteiger partial charge in [-0.1, -0.05) is 0 Å². The number of aromatic nitrogens is 1. The van der Waals surface area contributed by atoms with Crippen molar-refractivity contribution in [2.75, 3.05) is 7.11 Å². The van der Waals surface area contributed by atoms with Crippen molar-refractivity contribution >= 4 is 28.6 Å². The summed E-state index contributed by atoms with van der Waals surface area (Å²) in [7, 11) is 1.17. The van der Waals surface area contributed by atoms with E-state index < -0.39 is 17.7 Å². The highest BCUT2D eigenvalue weighted by Crippen LogP contribution is 2.32. The Balaban J connectivity index is 3.03. The van der Waals surface area contributed by atoms with E-state index in [1.165, 1.54) is 7.11 Å². The number of rotatable bonds is 2. The molecule has 0 spiro atoms. The van der Waals surface area contributed by atoms with Crippen molar-refractivity contribution in [2.45, 2.75) is 12.6 Å². The third-order valence-corrected chi connectivity index (χ3v) is 2.63. The number of methoxy groups -OCH3 is 1. The van der Waals surface area contributed by atoms with Gasteiger partial charge in [0.2, 0.25) is 0 Å². The van der Waals surface area contributed by atoms with E-state index in [0.717, 1.165) is 12.3 Å². The summed E-state index contributed by atoms with van der Waals surface area (Å²) in [5.74, 6) is -0.623. The van der Waals surface area contributed by atoms with Gasteiger partial charge < -0.3 is 4.74 Å². The molecule has 0 N–H and O–H groups in total. The summed E-state index contributed by atoms with van der Waals surface area (Å²) in [5, 5.41) is 0. The van der Waals surface area contributed by atoms with Gasteiger partial charge in [0, 0.05) is 9.77 Å². The number of pyridine rings is 1. The van der Waals surface area contributed by atoms with Crippen molar-refractivity contribution in [1.82, 2.24) is 4.98 Å². The topological polar surface area (TPSA) is 39.2 Å². The van der Waals surface area contributed by atoms with Crippen LogP contribution >= 0.6 is 22.6 Å². The van der Waals surface area contributed by atoms with Gasteiger partial charge >= 0.3 is 12.1 Å². The maximum absolute atomic E-state index is 12.5. The Morgan fingerprint density at radius 2 is 2.19 bits per heavy atom. The molecule has 1 aromatic rings. The van der Waals surface area contributed by atoms with E-state index >= 15 is 0 Å². The molecule has 0 aliphatic heterocycles. The predicted molar refractivity (Wildman–Crippen MR) is 57.7 cm³/mol. The van der Waals surface area contributed by atoms with Gasteiger partial charge in [0.05, 0.1) is 24.8 Å². The molecule has 0 saturated heterocycles. The predicted octanol–water partition coefficient (Wildman–Crippen LogP) is 2.42. The van der Waals surface area contributed by atoms with Crippen molar-refractivity contribution in [3.05, 3.63) is 27.1 Å². The number of carbonyl (C=O) groups excluding carboxylic acids is 1. The lowest BCUT2D eigenvalue weighted by atomic mass is 10.2. The molecule has 0 bridgehead atoms. The summed E-state index contributed by atoms with van der Waals surface area (Å²) in [6, 6.07) is 0.860. The molecule has 3 nitrogen and oxygen atoms in total. The molecule has 7 heteroatoms. The maximum Gasteiger partial charge on any atom is 0.417 e. The standard InChI is InChI=1S/C9H7F3INO2/c1-16-8(15)3-5-2-6(9(10,11)12)7(13)4-14-5/h2,4H,3H2,1H3. The van der Waals surface area contributed by atoms with E-state index in [1.54, 1.807) is 22.6 Å². The Morgan fingerprint density at radius 3 is 2.69 bits per heavy atom. The summed E-state index contributed by atoms with van der Waals surface area (Å²) in [4.78, 5) is 14.6. The zero-order valence-corrected chi connectivity index (χ0v) is 10.3. The molecule has 0 aliphatic rings. The lowest BCUT2D eigenvalue weighted by molar-refractivity contribution is -0.141. The molecule has 0 atom stereocenters. The Bertz CT molecular complexity index is 406. The highest BCUT2D eigenvalue weighted by molar-refractivity contribution is 14.1. The van der Waals surface area contributed by atoms with Crippen molar-refractivity contribution in [3.8, 4) is 0 Å². The van der Waals surface area contributed by atoms with E-state index in [2.05, 4.69) is 9.72 Å². The fraction of sp³-hybridized carbons (Fsp3) is 0.333. The summed E-state index contributed by atoms with van der Waals surface area (Å²) in [5.41, 5.74) is -0.749. The summed E-state index contributed by atoms with van der Waals surface area (Å²) < 4.78 is 41.8. The van der Waals surface area contributed by atoms with Crippen LogP contribution in [0.2, 0.25) is 0 Å². The van der Waals surface area contributed by atoms with Gasteiger partial charge in [0.15, 0.2) is 0 Å². The zero-order chi connectivity index (χ0) is 12.3. The van der Waals surface area contributed by atoms with Gasteiger partial charge in [0.25, 0.3) is 0 Å². The van der Waals surface area contributed by atoms with E-state index in [1.807, 2.05) is 0 Å². The van der Waals surface area contributed by atoms with Crippen LogP contribution in [0.25, 0.3) is 0 Å². The normalized spacial score (nSPS) is 11.3. The third kappa shape index (κ3) is 3.32. The molecule has 1 heterocycles. The minimum absolute atomic E-state index is 0.00119. The second kappa shape index (κ2) is 4.98. The van der Waals surface area contributed by atoms with E-state index in [4.69, 9.17) is 0 Å². The fourth-order valence-electron chi connectivity index (χ4n) is 1.02. The molecule has 88 valence electrons. The van der Waals surface area contributed by atoms with Gasteiger partial charge in [-0.25, -0.2) is 0 Å². The van der Waals surface area contributed by atoms with Crippen molar-refractivity contribution in [2.24, 2.45) is 0 Å². The number of nitrogens with zero attached hydrogens (tertiary/aromatic N) is 1. The van der Waals surface area contributed by atoms with Crippen molar-refractivity contribution in [3.63, 3.8) is 0 Å². The molecule has 0 unspecified atom stereocenters. The quantitative estimate of drug-likeness (QED) is 0.611. The lowest BCUT2D eigenvalue weighted by Crippen LogP contribution is -2.12. The average Bonchev–Trinajstić information content (AvgIpc) is 2.19. The minimum Gasteiger partial charge on any atom is -0.469 e. The monoisotopic (exact) mass is 345 g/mol. The first-order valence-electron chi connectivity index (χ1n) is 4.13. The van der Waals surface area contributed by atoms with Crippen LogP contribution in [0.1, 0.15) is 11.3 Å². The average molecular weight is 345 g/mol. The Hall–Kier alpha value is -0.860. The first kappa shape index (κ1) is 13.2. The number of alkyl halides is 3. The van der Waals surface area contributed by atoms with E-state index in [0.29, 0.717) is 0 Å². The van der Waals surface area contributed by atoms with Crippen LogP contribution in [0, 0.1) is 3.57 Å². The lowest BCUT2D eigenvalue weighted by Gasteiger charge is -2.09. The molecule has 16 heavy (non-hydrogen) atoms. The van der Waals surface area contributed by atoms with Gasteiger partial charge in [-0.05, 0) is 28.7 Å². The van der Waals surface area contributed by atoms with Crippen LogP contribution in [0.3, 0.4) is 0 Å². The Morgan fingerprint density at radius 1 is 1.56 bits per heavy atom. The Kier molecular flexibility index (Phi) is 4.11. The number of ether oxygens (including phenoxy) is 1. The molecular weight excluding hydrogens is 338 g/mol. The Labute approximate surface area is 103 Å². The first-order valence-corrected chi connectivity index (χ1v) is 5.21.